The number of hydrogen-bond acceptors (Lipinski definition) is 5. The van der Waals surface area contributed by atoms with E-state index in [2.05, 4.69) is 14.8 Å². The lowest BCUT2D eigenvalue weighted by Gasteiger charge is -2.02. The van der Waals surface area contributed by atoms with E-state index in [1.807, 2.05) is 0 Å². The Balaban J connectivity index is 2.39. The van der Waals surface area contributed by atoms with Crippen LogP contribution >= 0.6 is 0 Å². The maximum Gasteiger partial charge on any atom is 0.356 e. The monoisotopic (exact) mass is 218 g/mol. The molecule has 6 heteroatoms. The van der Waals surface area contributed by atoms with Gasteiger partial charge in [0, 0.05) is 6.20 Å². The number of nitrogen functional groups attached to an aromatic ring is 1. The summed E-state index contributed by atoms with van der Waals surface area (Å²) < 4.78 is 6.14. The summed E-state index contributed by atoms with van der Waals surface area (Å²) in [6.45, 7) is 0. The van der Waals surface area contributed by atoms with Crippen molar-refractivity contribution in [3.63, 3.8) is 0 Å². The highest BCUT2D eigenvalue weighted by Crippen LogP contribution is 2.10. The third kappa shape index (κ3) is 1.85. The van der Waals surface area contributed by atoms with Gasteiger partial charge in [-0.3, -0.25) is 0 Å². The van der Waals surface area contributed by atoms with Crippen LogP contribution in [0.1, 0.15) is 10.5 Å². The van der Waals surface area contributed by atoms with Crippen LogP contribution < -0.4 is 5.73 Å². The smallest absolute Gasteiger partial charge is 0.356 e. The minimum Gasteiger partial charge on any atom is -0.464 e. The predicted octanol–water partition coefficient (Wildman–Crippen LogP) is 0.636. The van der Waals surface area contributed by atoms with Gasteiger partial charge in [-0.2, -0.15) is 5.10 Å². The molecule has 0 fully saturated rings. The van der Waals surface area contributed by atoms with Crippen molar-refractivity contribution < 1.29 is 9.53 Å². The molecule has 0 atom stereocenters. The molecular formula is C10H10N4O2. The molecule has 82 valence electrons. The van der Waals surface area contributed by atoms with Gasteiger partial charge in [-0.25, -0.2) is 14.5 Å². The summed E-state index contributed by atoms with van der Waals surface area (Å²) in [5.41, 5.74) is 7.03. The van der Waals surface area contributed by atoms with Crippen LogP contribution in [-0.2, 0) is 4.74 Å². The first kappa shape index (κ1) is 10.2. The molecule has 0 spiro atoms. The van der Waals surface area contributed by atoms with Crippen molar-refractivity contribution in [1.82, 2.24) is 14.8 Å². The minimum atomic E-state index is -0.484. The lowest BCUT2D eigenvalue weighted by molar-refractivity contribution is 0.0594. The number of carbonyl (C=O) groups excluding carboxylic acids is 1. The van der Waals surface area contributed by atoms with Crippen LogP contribution in [-0.4, -0.2) is 27.8 Å². The molecule has 0 aliphatic carbocycles. The fraction of sp³-hybridized carbons (Fsp3) is 0.100. The van der Waals surface area contributed by atoms with E-state index >= 15 is 0 Å². The third-order valence-electron chi connectivity index (χ3n) is 2.01. The molecule has 0 aromatic carbocycles. The normalized spacial score (nSPS) is 10.1. The molecule has 2 aromatic rings. The Morgan fingerprint density at radius 3 is 3.00 bits per heavy atom. The molecular weight excluding hydrogens is 208 g/mol. The topological polar surface area (TPSA) is 83.0 Å². The number of nitrogens with zero attached hydrogens (tertiary/aromatic N) is 3. The number of hydrogen-bond donors (Lipinski definition) is 1. The molecule has 6 nitrogen and oxygen atoms in total. The summed E-state index contributed by atoms with van der Waals surface area (Å²) in [6, 6.07) is 3.30. The lowest BCUT2D eigenvalue weighted by atomic mass is 10.3. The van der Waals surface area contributed by atoms with Crippen LogP contribution in [0.3, 0.4) is 0 Å². The zero-order chi connectivity index (χ0) is 11.5. The van der Waals surface area contributed by atoms with E-state index in [1.54, 1.807) is 23.0 Å². The van der Waals surface area contributed by atoms with Gasteiger partial charge in [0.1, 0.15) is 5.69 Å². The highest BCUT2D eigenvalue weighted by molar-refractivity contribution is 5.87. The Labute approximate surface area is 91.7 Å². The molecule has 2 N–H and O–H groups in total. The molecule has 0 amide bonds. The molecule has 0 aliphatic rings. The Morgan fingerprint density at radius 1 is 1.56 bits per heavy atom. The van der Waals surface area contributed by atoms with Crippen molar-refractivity contribution in [3.8, 4) is 5.69 Å². The van der Waals surface area contributed by atoms with Gasteiger partial charge in [0.15, 0.2) is 0 Å². The van der Waals surface area contributed by atoms with Crippen LogP contribution in [0.4, 0.5) is 5.69 Å². The number of methoxy groups -OCH3 is 1. The van der Waals surface area contributed by atoms with Crippen molar-refractivity contribution >= 4 is 11.7 Å². The summed E-state index contributed by atoms with van der Waals surface area (Å²) in [5, 5.41) is 4.02. The minimum absolute atomic E-state index is 0.231. The van der Waals surface area contributed by atoms with E-state index in [4.69, 9.17) is 5.73 Å². The van der Waals surface area contributed by atoms with Crippen LogP contribution in [0.25, 0.3) is 5.69 Å². The SMILES string of the molecule is COC(=O)c1cc(-n2cc(N)cn2)ccn1. The maximum absolute atomic E-state index is 11.3. The fourth-order valence-corrected chi connectivity index (χ4v) is 1.26. The summed E-state index contributed by atoms with van der Waals surface area (Å²) in [6.07, 6.45) is 4.69. The summed E-state index contributed by atoms with van der Waals surface area (Å²) in [4.78, 5) is 15.2. The molecule has 0 unspecified atom stereocenters. The van der Waals surface area contributed by atoms with E-state index in [0.29, 0.717) is 11.4 Å². The van der Waals surface area contributed by atoms with E-state index in [9.17, 15) is 4.79 Å². The Kier molecular flexibility index (Phi) is 2.55. The van der Waals surface area contributed by atoms with Crippen molar-refractivity contribution in [2.24, 2.45) is 0 Å². The van der Waals surface area contributed by atoms with E-state index in [0.717, 1.165) is 0 Å². The van der Waals surface area contributed by atoms with Gasteiger partial charge in [0.2, 0.25) is 0 Å². The number of anilines is 1. The first-order chi connectivity index (χ1) is 7.70. The van der Waals surface area contributed by atoms with Crippen molar-refractivity contribution in [3.05, 3.63) is 36.4 Å². The fourth-order valence-electron chi connectivity index (χ4n) is 1.26. The quantitative estimate of drug-likeness (QED) is 0.748. The number of pyridine rings is 1. The molecule has 2 heterocycles. The molecule has 2 aromatic heterocycles. The Hall–Kier alpha value is -2.37. The van der Waals surface area contributed by atoms with Gasteiger partial charge in [-0.05, 0) is 12.1 Å². The molecule has 0 saturated heterocycles. The van der Waals surface area contributed by atoms with Crippen molar-refractivity contribution in [1.29, 1.82) is 0 Å². The molecule has 16 heavy (non-hydrogen) atoms. The van der Waals surface area contributed by atoms with E-state index < -0.39 is 5.97 Å². The van der Waals surface area contributed by atoms with Gasteiger partial charge in [-0.15, -0.1) is 0 Å². The zero-order valence-corrected chi connectivity index (χ0v) is 8.62. The molecule has 0 bridgehead atoms. The number of aromatic nitrogens is 3. The standard InChI is InChI=1S/C10H10N4O2/c1-16-10(15)9-4-8(2-3-12-9)14-6-7(11)5-13-14/h2-6H,11H2,1H3. The average Bonchev–Trinajstić information content (AvgIpc) is 2.75. The number of nitrogens with two attached hydrogens (primary N) is 1. The van der Waals surface area contributed by atoms with E-state index in [-0.39, 0.29) is 5.69 Å². The van der Waals surface area contributed by atoms with E-state index in [1.165, 1.54) is 19.5 Å². The van der Waals surface area contributed by atoms with Crippen molar-refractivity contribution in [2.45, 2.75) is 0 Å². The van der Waals surface area contributed by atoms with Crippen LogP contribution in [0.15, 0.2) is 30.7 Å². The summed E-state index contributed by atoms with van der Waals surface area (Å²) in [5.74, 6) is -0.484. The summed E-state index contributed by atoms with van der Waals surface area (Å²) in [7, 11) is 1.31. The molecule has 0 radical (unpaired) electrons. The average molecular weight is 218 g/mol. The highest BCUT2D eigenvalue weighted by Gasteiger charge is 2.08. The van der Waals surface area contributed by atoms with Gasteiger partial charge in [-0.1, -0.05) is 0 Å². The number of esters is 1. The number of carbonyl (C=O) groups is 1. The first-order valence-electron chi connectivity index (χ1n) is 4.55. The summed E-state index contributed by atoms with van der Waals surface area (Å²) >= 11 is 0. The van der Waals surface area contributed by atoms with Gasteiger partial charge >= 0.3 is 5.97 Å². The lowest BCUT2D eigenvalue weighted by Crippen LogP contribution is -2.05. The Bertz CT molecular complexity index is 521. The number of rotatable bonds is 2. The van der Waals surface area contributed by atoms with Gasteiger partial charge in [0.25, 0.3) is 0 Å². The highest BCUT2D eigenvalue weighted by atomic mass is 16.5. The van der Waals surface area contributed by atoms with Gasteiger partial charge in [0.05, 0.1) is 30.9 Å². The van der Waals surface area contributed by atoms with Gasteiger partial charge < -0.3 is 10.5 Å². The number of ether oxygens (including phenoxy) is 1. The first-order valence-corrected chi connectivity index (χ1v) is 4.55. The third-order valence-corrected chi connectivity index (χ3v) is 2.01. The second-order valence-corrected chi connectivity index (χ2v) is 3.11. The second-order valence-electron chi connectivity index (χ2n) is 3.11. The van der Waals surface area contributed by atoms with Crippen molar-refractivity contribution in [2.75, 3.05) is 12.8 Å². The van der Waals surface area contributed by atoms with Crippen LogP contribution in [0.2, 0.25) is 0 Å². The van der Waals surface area contributed by atoms with Crippen LogP contribution in [0.5, 0.6) is 0 Å². The maximum atomic E-state index is 11.3. The zero-order valence-electron chi connectivity index (χ0n) is 8.62. The predicted molar refractivity (Wildman–Crippen MR) is 57.1 cm³/mol. The largest absolute Gasteiger partial charge is 0.464 e. The van der Waals surface area contributed by atoms with Crippen LogP contribution in [0, 0.1) is 0 Å². The molecule has 0 saturated carbocycles. The Morgan fingerprint density at radius 2 is 2.38 bits per heavy atom. The molecule has 0 aliphatic heterocycles. The molecule has 2 rings (SSSR count). The second kappa shape index (κ2) is 4.01.